The van der Waals surface area contributed by atoms with Gasteiger partial charge < -0.3 is 10.6 Å². The summed E-state index contributed by atoms with van der Waals surface area (Å²) in [5.74, 6) is -2.62. The van der Waals surface area contributed by atoms with Gasteiger partial charge in [0.25, 0.3) is 0 Å². The lowest BCUT2D eigenvalue weighted by Gasteiger charge is -2.18. The van der Waals surface area contributed by atoms with Gasteiger partial charge in [-0.05, 0) is 24.6 Å². The van der Waals surface area contributed by atoms with Crippen LogP contribution in [0.1, 0.15) is 11.1 Å². The summed E-state index contributed by atoms with van der Waals surface area (Å²) in [6.45, 7) is 1.98. The maximum Gasteiger partial charge on any atom is 0.319 e. The van der Waals surface area contributed by atoms with E-state index in [1.54, 1.807) is 0 Å². The molecule has 3 N–H and O–H groups in total. The van der Waals surface area contributed by atoms with E-state index in [1.165, 1.54) is 17.4 Å². The number of aromatic nitrogens is 2. The van der Waals surface area contributed by atoms with Crippen LogP contribution >= 0.6 is 11.3 Å². The van der Waals surface area contributed by atoms with E-state index in [4.69, 9.17) is 0 Å². The first kappa shape index (κ1) is 24.0. The van der Waals surface area contributed by atoms with Crippen molar-refractivity contribution in [2.75, 3.05) is 10.6 Å². The second kappa shape index (κ2) is 10.8. The van der Waals surface area contributed by atoms with Crippen LogP contribution in [0.4, 0.5) is 24.4 Å². The minimum atomic E-state index is -1.10. The van der Waals surface area contributed by atoms with Crippen LogP contribution in [0.25, 0.3) is 10.6 Å². The van der Waals surface area contributed by atoms with Crippen molar-refractivity contribution < 1.29 is 18.4 Å². The number of urea groups is 1. The van der Waals surface area contributed by atoms with Crippen LogP contribution in [0.2, 0.25) is 0 Å². The van der Waals surface area contributed by atoms with Gasteiger partial charge in [-0.25, -0.2) is 13.6 Å². The first-order valence-electron chi connectivity index (χ1n) is 10.7. The molecule has 1 aromatic heterocycles. The molecular formula is C25H21F2N5O2S. The zero-order valence-electron chi connectivity index (χ0n) is 18.6. The Bertz CT molecular complexity index is 1330. The standard InChI is InChI=1S/C25H21F2N5O2S/c1-15-7-9-17(10-8-15)23-31-32-25(35-23)30-22(33)21(13-16-5-3-2-4-6-16)29-24(34)28-18-11-12-19(26)20(27)14-18/h2-12,14,21H,13H2,1H3,(H2,28,29,34)(H,30,32,33). The Hall–Kier alpha value is -4.18. The van der Waals surface area contributed by atoms with Crippen molar-refractivity contribution in [3.8, 4) is 10.6 Å². The average molecular weight is 494 g/mol. The lowest BCUT2D eigenvalue weighted by atomic mass is 10.1. The smallest absolute Gasteiger partial charge is 0.319 e. The Morgan fingerprint density at radius 3 is 2.37 bits per heavy atom. The molecule has 1 heterocycles. The predicted molar refractivity (Wildman–Crippen MR) is 131 cm³/mol. The average Bonchev–Trinajstić information content (AvgIpc) is 3.30. The second-order valence-corrected chi connectivity index (χ2v) is 8.71. The molecule has 0 aliphatic carbocycles. The maximum absolute atomic E-state index is 13.5. The van der Waals surface area contributed by atoms with Crippen molar-refractivity contribution in [2.45, 2.75) is 19.4 Å². The quantitative estimate of drug-likeness (QED) is 0.331. The third-order valence-electron chi connectivity index (χ3n) is 5.04. The molecule has 7 nitrogen and oxygen atoms in total. The molecule has 0 aliphatic rings. The van der Waals surface area contributed by atoms with Gasteiger partial charge >= 0.3 is 6.03 Å². The monoisotopic (exact) mass is 493 g/mol. The Morgan fingerprint density at radius 1 is 0.914 bits per heavy atom. The highest BCUT2D eigenvalue weighted by atomic mass is 32.1. The van der Waals surface area contributed by atoms with Gasteiger partial charge in [0.15, 0.2) is 11.6 Å². The van der Waals surface area contributed by atoms with Gasteiger partial charge in [0, 0.05) is 23.7 Å². The molecule has 0 saturated carbocycles. The normalized spacial score (nSPS) is 11.5. The molecule has 10 heteroatoms. The summed E-state index contributed by atoms with van der Waals surface area (Å²) in [7, 11) is 0. The number of hydrogen-bond acceptors (Lipinski definition) is 5. The highest BCUT2D eigenvalue weighted by Gasteiger charge is 2.23. The molecule has 3 aromatic carbocycles. The first-order chi connectivity index (χ1) is 16.9. The van der Waals surface area contributed by atoms with E-state index >= 15 is 0 Å². The maximum atomic E-state index is 13.5. The molecule has 0 radical (unpaired) electrons. The number of amides is 3. The highest BCUT2D eigenvalue weighted by Crippen LogP contribution is 2.26. The summed E-state index contributed by atoms with van der Waals surface area (Å²) >= 11 is 1.21. The van der Waals surface area contributed by atoms with Crippen molar-refractivity contribution in [3.63, 3.8) is 0 Å². The van der Waals surface area contributed by atoms with Crippen molar-refractivity contribution in [1.29, 1.82) is 0 Å². The van der Waals surface area contributed by atoms with Crippen LogP contribution in [0.5, 0.6) is 0 Å². The summed E-state index contributed by atoms with van der Waals surface area (Å²) in [6.07, 6.45) is 0.196. The summed E-state index contributed by atoms with van der Waals surface area (Å²) < 4.78 is 26.6. The number of carbonyl (C=O) groups is 2. The van der Waals surface area contributed by atoms with Gasteiger partial charge in [-0.3, -0.25) is 10.1 Å². The van der Waals surface area contributed by atoms with Gasteiger partial charge in [-0.2, -0.15) is 0 Å². The number of rotatable bonds is 7. The number of anilines is 2. The zero-order valence-corrected chi connectivity index (χ0v) is 19.4. The molecule has 0 fully saturated rings. The molecule has 4 rings (SSSR count). The first-order valence-corrected chi connectivity index (χ1v) is 11.5. The van der Waals surface area contributed by atoms with E-state index in [2.05, 4.69) is 26.1 Å². The molecule has 3 amide bonds. The van der Waals surface area contributed by atoms with Crippen LogP contribution in [-0.4, -0.2) is 28.2 Å². The van der Waals surface area contributed by atoms with Gasteiger partial charge in [-0.15, -0.1) is 10.2 Å². The van der Waals surface area contributed by atoms with E-state index in [0.717, 1.165) is 28.8 Å². The Kier molecular flexibility index (Phi) is 7.41. The van der Waals surface area contributed by atoms with E-state index in [1.807, 2.05) is 61.5 Å². The van der Waals surface area contributed by atoms with Crippen molar-refractivity contribution in [2.24, 2.45) is 0 Å². The minimum absolute atomic E-state index is 0.0483. The number of hydrogen-bond donors (Lipinski definition) is 3. The minimum Gasteiger partial charge on any atom is -0.326 e. The molecular weight excluding hydrogens is 472 g/mol. The molecule has 0 spiro atoms. The summed E-state index contributed by atoms with van der Waals surface area (Å²) in [6, 6.07) is 18.2. The fourth-order valence-corrected chi connectivity index (χ4v) is 3.99. The third-order valence-corrected chi connectivity index (χ3v) is 5.92. The molecule has 0 saturated heterocycles. The number of nitrogens with one attached hydrogen (secondary N) is 3. The molecule has 1 atom stereocenters. The van der Waals surface area contributed by atoms with Crippen LogP contribution < -0.4 is 16.0 Å². The molecule has 0 bridgehead atoms. The Balaban J connectivity index is 1.47. The molecule has 178 valence electrons. The number of benzene rings is 3. The van der Waals surface area contributed by atoms with Gasteiger partial charge in [0.2, 0.25) is 11.0 Å². The van der Waals surface area contributed by atoms with E-state index in [0.29, 0.717) is 5.01 Å². The van der Waals surface area contributed by atoms with Crippen molar-refractivity contribution in [1.82, 2.24) is 15.5 Å². The lowest BCUT2D eigenvalue weighted by Crippen LogP contribution is -2.46. The topological polar surface area (TPSA) is 96.0 Å². The highest BCUT2D eigenvalue weighted by molar-refractivity contribution is 7.18. The van der Waals surface area contributed by atoms with Gasteiger partial charge in [0.05, 0.1) is 0 Å². The lowest BCUT2D eigenvalue weighted by molar-refractivity contribution is -0.117. The number of aryl methyl sites for hydroxylation is 1. The number of halogens is 2. The summed E-state index contributed by atoms with van der Waals surface area (Å²) in [5, 5.41) is 16.8. The molecule has 1 unspecified atom stereocenters. The summed E-state index contributed by atoms with van der Waals surface area (Å²) in [5.41, 5.74) is 2.85. The summed E-state index contributed by atoms with van der Waals surface area (Å²) in [4.78, 5) is 25.6. The third kappa shape index (κ3) is 6.45. The van der Waals surface area contributed by atoms with E-state index < -0.39 is 29.6 Å². The molecule has 0 aliphatic heterocycles. The van der Waals surface area contributed by atoms with Gasteiger partial charge in [-0.1, -0.05) is 71.5 Å². The number of carbonyl (C=O) groups excluding carboxylic acids is 2. The van der Waals surface area contributed by atoms with Crippen LogP contribution in [-0.2, 0) is 11.2 Å². The Morgan fingerprint density at radius 2 is 1.66 bits per heavy atom. The SMILES string of the molecule is Cc1ccc(-c2nnc(NC(=O)C(Cc3ccccc3)NC(=O)Nc3ccc(F)c(F)c3)s2)cc1. The fraction of sp³-hybridized carbons (Fsp3) is 0.120. The predicted octanol–water partition coefficient (Wildman–Crippen LogP) is 5.16. The molecule has 35 heavy (non-hydrogen) atoms. The fourth-order valence-electron chi connectivity index (χ4n) is 3.24. The van der Waals surface area contributed by atoms with Crippen molar-refractivity contribution in [3.05, 3.63) is 95.6 Å². The van der Waals surface area contributed by atoms with Gasteiger partial charge in [0.1, 0.15) is 11.0 Å². The zero-order chi connectivity index (χ0) is 24.8. The van der Waals surface area contributed by atoms with E-state index in [-0.39, 0.29) is 17.2 Å². The van der Waals surface area contributed by atoms with Crippen LogP contribution in [0.15, 0.2) is 72.8 Å². The number of nitrogens with zero attached hydrogens (tertiary/aromatic N) is 2. The largest absolute Gasteiger partial charge is 0.326 e. The van der Waals surface area contributed by atoms with Crippen molar-refractivity contribution >= 4 is 34.1 Å². The van der Waals surface area contributed by atoms with Crippen LogP contribution in [0, 0.1) is 18.6 Å². The second-order valence-electron chi connectivity index (χ2n) is 7.74. The van der Waals surface area contributed by atoms with E-state index in [9.17, 15) is 18.4 Å². The Labute approximate surface area is 204 Å². The molecule has 4 aromatic rings. The van der Waals surface area contributed by atoms with Crippen LogP contribution in [0.3, 0.4) is 0 Å².